The lowest BCUT2D eigenvalue weighted by Crippen LogP contribution is -2.39. The van der Waals surface area contributed by atoms with E-state index in [1.807, 2.05) is 25.7 Å². The third kappa shape index (κ3) is 3.65. The van der Waals surface area contributed by atoms with Gasteiger partial charge in [-0.05, 0) is 45.6 Å². The Balaban J connectivity index is 2.33. The highest BCUT2D eigenvalue weighted by Gasteiger charge is 2.30. The number of rotatable bonds is 6. The van der Waals surface area contributed by atoms with E-state index in [0.717, 1.165) is 19.4 Å². The van der Waals surface area contributed by atoms with Crippen LogP contribution in [0, 0.1) is 5.92 Å². The van der Waals surface area contributed by atoms with Crippen LogP contribution in [-0.2, 0) is 16.6 Å². The lowest BCUT2D eigenvalue weighted by atomic mass is 10.2. The highest BCUT2D eigenvalue weighted by Crippen LogP contribution is 2.31. The van der Waals surface area contributed by atoms with Crippen LogP contribution >= 0.6 is 0 Å². The monoisotopic (exact) mass is 313 g/mol. The van der Waals surface area contributed by atoms with Gasteiger partial charge in [-0.15, -0.1) is 0 Å². The fourth-order valence-corrected chi connectivity index (χ4v) is 2.88. The van der Waals surface area contributed by atoms with Gasteiger partial charge in [-0.2, -0.15) is 0 Å². The van der Waals surface area contributed by atoms with Crippen LogP contribution in [0.2, 0.25) is 0 Å². The van der Waals surface area contributed by atoms with Gasteiger partial charge < -0.3 is 9.47 Å². The first kappa shape index (κ1) is 16.0. The van der Waals surface area contributed by atoms with Crippen LogP contribution in [-0.4, -0.2) is 36.4 Å². The van der Waals surface area contributed by atoms with Crippen LogP contribution in [0.4, 0.5) is 0 Å². The number of hydrogen-bond acceptors (Lipinski definition) is 3. The number of sulfonamides is 1. The van der Waals surface area contributed by atoms with Gasteiger partial charge >= 0.3 is 0 Å². The normalized spacial score (nSPS) is 15.5. The second-order valence-corrected chi connectivity index (χ2v) is 7.45. The molecule has 0 bridgehead atoms. The van der Waals surface area contributed by atoms with Crippen molar-refractivity contribution in [2.45, 2.75) is 51.1 Å². The molecule has 2 N–H and O–H groups in total. The molecule has 0 saturated heterocycles. The van der Waals surface area contributed by atoms with Crippen molar-refractivity contribution in [3.8, 4) is 0 Å². The van der Waals surface area contributed by atoms with E-state index in [0.29, 0.717) is 18.2 Å². The molecule has 0 radical (unpaired) electrons. The van der Waals surface area contributed by atoms with E-state index >= 15 is 0 Å². The predicted octanol–water partition coefficient (Wildman–Crippen LogP) is 1.42. The summed E-state index contributed by atoms with van der Waals surface area (Å²) in [6, 6.07) is 1.46. The molecule has 0 spiro atoms. The van der Waals surface area contributed by atoms with Crippen molar-refractivity contribution in [1.29, 1.82) is 0 Å². The third-order valence-corrected chi connectivity index (χ3v) is 4.68. The predicted molar refractivity (Wildman–Crippen MR) is 80.4 cm³/mol. The maximum Gasteiger partial charge on any atom is 0.270 e. The number of aromatic nitrogens is 1. The van der Waals surface area contributed by atoms with Gasteiger partial charge in [0.15, 0.2) is 0 Å². The van der Waals surface area contributed by atoms with E-state index < -0.39 is 10.0 Å². The van der Waals surface area contributed by atoms with Gasteiger partial charge in [0.1, 0.15) is 10.6 Å². The zero-order valence-corrected chi connectivity index (χ0v) is 13.6. The molecule has 7 heteroatoms. The van der Waals surface area contributed by atoms with Crippen molar-refractivity contribution in [1.82, 2.24) is 9.47 Å². The van der Waals surface area contributed by atoms with Gasteiger partial charge in [0.2, 0.25) is 10.0 Å². The molecule has 0 aliphatic heterocycles. The number of carbonyl (C=O) groups excluding carboxylic acids is 1. The summed E-state index contributed by atoms with van der Waals surface area (Å²) >= 11 is 0. The fourth-order valence-electron chi connectivity index (χ4n) is 2.33. The highest BCUT2D eigenvalue weighted by atomic mass is 32.2. The summed E-state index contributed by atoms with van der Waals surface area (Å²) in [5, 5.41) is 5.15. The zero-order valence-electron chi connectivity index (χ0n) is 12.7. The molecular weight excluding hydrogens is 290 g/mol. The Morgan fingerprint density at radius 2 is 2.10 bits per heavy atom. The molecule has 1 aliphatic rings. The van der Waals surface area contributed by atoms with Crippen molar-refractivity contribution in [2.24, 2.45) is 11.1 Å². The highest BCUT2D eigenvalue weighted by molar-refractivity contribution is 7.89. The van der Waals surface area contributed by atoms with Gasteiger partial charge in [-0.25, -0.2) is 13.6 Å². The number of nitrogens with two attached hydrogens (primary N) is 1. The van der Waals surface area contributed by atoms with Gasteiger partial charge in [0.05, 0.1) is 0 Å². The Kier molecular flexibility index (Phi) is 4.43. The Hall–Kier alpha value is -1.34. The summed E-state index contributed by atoms with van der Waals surface area (Å²) in [6.07, 6.45) is 3.75. The summed E-state index contributed by atoms with van der Waals surface area (Å²) in [5.74, 6) is 0.452. The average Bonchev–Trinajstić information content (AvgIpc) is 3.09. The van der Waals surface area contributed by atoms with E-state index in [9.17, 15) is 13.2 Å². The molecule has 1 saturated carbocycles. The third-order valence-electron chi connectivity index (χ3n) is 3.80. The van der Waals surface area contributed by atoms with Crippen molar-refractivity contribution in [2.75, 3.05) is 6.54 Å². The number of hydrogen-bond donors (Lipinski definition) is 1. The van der Waals surface area contributed by atoms with Crippen LogP contribution in [0.5, 0.6) is 0 Å². The van der Waals surface area contributed by atoms with Crippen molar-refractivity contribution >= 4 is 15.9 Å². The lowest BCUT2D eigenvalue weighted by molar-refractivity contribution is 0.0685. The summed E-state index contributed by atoms with van der Waals surface area (Å²) in [7, 11) is -3.80. The van der Waals surface area contributed by atoms with E-state index in [2.05, 4.69) is 0 Å². The maximum absolute atomic E-state index is 12.7. The number of amides is 1. The minimum atomic E-state index is -3.80. The Morgan fingerprint density at radius 3 is 2.52 bits per heavy atom. The van der Waals surface area contributed by atoms with Gasteiger partial charge in [-0.1, -0.05) is 0 Å². The number of carbonyl (C=O) groups is 1. The van der Waals surface area contributed by atoms with Gasteiger partial charge in [0, 0.05) is 25.3 Å². The van der Waals surface area contributed by atoms with E-state index in [-0.39, 0.29) is 16.8 Å². The Labute approximate surface area is 126 Å². The fraction of sp³-hybridized carbons (Fsp3) is 0.643. The number of nitrogens with zero attached hydrogens (tertiary/aromatic N) is 2. The summed E-state index contributed by atoms with van der Waals surface area (Å²) < 4.78 is 24.6. The SMILES string of the molecule is CCn1cc(S(N)(=O)=O)cc1C(=O)N(CC1CC1)C(C)C. The average molecular weight is 313 g/mol. The molecule has 1 aliphatic carbocycles. The Morgan fingerprint density at radius 1 is 1.48 bits per heavy atom. The topological polar surface area (TPSA) is 85.4 Å². The van der Waals surface area contributed by atoms with Crippen LogP contribution in [0.25, 0.3) is 0 Å². The van der Waals surface area contributed by atoms with E-state index in [4.69, 9.17) is 5.14 Å². The maximum atomic E-state index is 12.7. The number of primary sulfonamides is 1. The minimum absolute atomic E-state index is 0.0113. The molecule has 21 heavy (non-hydrogen) atoms. The second-order valence-electron chi connectivity index (χ2n) is 5.89. The van der Waals surface area contributed by atoms with Crippen LogP contribution in [0.15, 0.2) is 17.2 Å². The first-order valence-electron chi connectivity index (χ1n) is 7.28. The first-order valence-corrected chi connectivity index (χ1v) is 8.82. The second kappa shape index (κ2) is 5.81. The van der Waals surface area contributed by atoms with Crippen LogP contribution in [0.3, 0.4) is 0 Å². The largest absolute Gasteiger partial charge is 0.342 e. The molecule has 2 rings (SSSR count). The summed E-state index contributed by atoms with van der Waals surface area (Å²) in [5.41, 5.74) is 0.385. The minimum Gasteiger partial charge on any atom is -0.342 e. The standard InChI is InChI=1S/C14H23N3O3S/c1-4-16-9-12(21(15,19)20)7-13(16)14(18)17(10(2)3)8-11-5-6-11/h7,9-11H,4-6,8H2,1-3H3,(H2,15,19,20). The zero-order chi connectivity index (χ0) is 15.8. The molecule has 1 aromatic heterocycles. The van der Waals surface area contributed by atoms with Gasteiger partial charge in [0.25, 0.3) is 5.91 Å². The Bertz CT molecular complexity index is 630. The van der Waals surface area contributed by atoms with Crippen molar-refractivity contribution in [3.05, 3.63) is 18.0 Å². The van der Waals surface area contributed by atoms with Gasteiger partial charge in [-0.3, -0.25) is 4.79 Å². The molecule has 0 atom stereocenters. The van der Waals surface area contributed by atoms with E-state index in [1.54, 1.807) is 4.57 Å². The summed E-state index contributed by atoms with van der Waals surface area (Å²) in [6.45, 7) is 7.06. The first-order chi connectivity index (χ1) is 9.74. The quantitative estimate of drug-likeness (QED) is 0.861. The molecule has 6 nitrogen and oxygen atoms in total. The van der Waals surface area contributed by atoms with Crippen molar-refractivity contribution < 1.29 is 13.2 Å². The lowest BCUT2D eigenvalue weighted by Gasteiger charge is -2.27. The molecule has 1 amide bonds. The molecule has 1 aromatic rings. The van der Waals surface area contributed by atoms with Crippen molar-refractivity contribution in [3.63, 3.8) is 0 Å². The molecule has 1 heterocycles. The number of aryl methyl sites for hydroxylation is 1. The van der Waals surface area contributed by atoms with E-state index in [1.165, 1.54) is 12.3 Å². The molecule has 0 aromatic carbocycles. The van der Waals surface area contributed by atoms with Crippen LogP contribution < -0.4 is 5.14 Å². The molecular formula is C14H23N3O3S. The molecule has 1 fully saturated rings. The molecule has 118 valence electrons. The summed E-state index contributed by atoms with van der Waals surface area (Å²) in [4.78, 5) is 14.5. The van der Waals surface area contributed by atoms with Crippen LogP contribution in [0.1, 0.15) is 44.1 Å². The smallest absolute Gasteiger partial charge is 0.270 e. The molecule has 0 unspecified atom stereocenters.